The van der Waals surface area contributed by atoms with Gasteiger partial charge in [-0.15, -0.1) is 11.3 Å². The Hall–Kier alpha value is -1.56. The summed E-state index contributed by atoms with van der Waals surface area (Å²) in [6.45, 7) is 2.60. The van der Waals surface area contributed by atoms with E-state index in [9.17, 15) is 4.79 Å². The largest absolute Gasteiger partial charge is 0.351 e. The Morgan fingerprint density at radius 3 is 2.92 bits per heavy atom. The van der Waals surface area contributed by atoms with E-state index in [1.807, 2.05) is 13.0 Å². The number of aromatic nitrogens is 2. The first-order chi connectivity index (χ1) is 11.5. The molecular weight excluding hydrogens is 365 g/mol. The summed E-state index contributed by atoms with van der Waals surface area (Å²) in [4.78, 5) is 19.8. The lowest BCUT2D eigenvalue weighted by atomic mass is 10.2. The third kappa shape index (κ3) is 3.91. The van der Waals surface area contributed by atoms with Crippen LogP contribution < -0.4 is 5.32 Å². The summed E-state index contributed by atoms with van der Waals surface area (Å²) < 4.78 is 0. The van der Waals surface area contributed by atoms with Crippen molar-refractivity contribution < 1.29 is 4.79 Å². The van der Waals surface area contributed by atoms with E-state index in [4.69, 9.17) is 23.2 Å². The number of amides is 1. The van der Waals surface area contributed by atoms with Crippen LogP contribution in [0.1, 0.15) is 34.0 Å². The van der Waals surface area contributed by atoms with Crippen LogP contribution in [0, 0.1) is 6.92 Å². The van der Waals surface area contributed by atoms with Crippen LogP contribution in [-0.4, -0.2) is 22.4 Å². The topological polar surface area (TPSA) is 57.8 Å². The molecule has 0 aliphatic rings. The molecule has 126 valence electrons. The molecule has 0 saturated carbocycles. The lowest BCUT2D eigenvalue weighted by Gasteiger charge is -2.03. The van der Waals surface area contributed by atoms with Gasteiger partial charge < -0.3 is 10.3 Å². The molecule has 0 unspecified atom stereocenters. The van der Waals surface area contributed by atoms with Crippen molar-refractivity contribution >= 4 is 51.3 Å². The average molecular weight is 382 g/mol. The Morgan fingerprint density at radius 1 is 1.33 bits per heavy atom. The molecule has 0 fully saturated rings. The van der Waals surface area contributed by atoms with Crippen LogP contribution in [0.25, 0.3) is 10.9 Å². The summed E-state index contributed by atoms with van der Waals surface area (Å²) in [5.41, 5.74) is 2.25. The van der Waals surface area contributed by atoms with E-state index in [0.717, 1.165) is 40.9 Å². The van der Waals surface area contributed by atoms with Gasteiger partial charge in [-0.25, -0.2) is 4.98 Å². The highest BCUT2D eigenvalue weighted by atomic mass is 35.5. The number of aryl methyl sites for hydroxylation is 2. The summed E-state index contributed by atoms with van der Waals surface area (Å²) in [6.07, 6.45) is 2.83. The number of benzene rings is 1. The number of nitrogens with one attached hydrogen (secondary N) is 2. The van der Waals surface area contributed by atoms with E-state index >= 15 is 0 Å². The quantitative estimate of drug-likeness (QED) is 0.590. The molecule has 1 amide bonds. The Balaban J connectivity index is 1.52. The van der Waals surface area contributed by atoms with Crippen LogP contribution in [0.3, 0.4) is 0 Å². The number of hydrogen-bond donors (Lipinski definition) is 2. The second-order valence-corrected chi connectivity index (χ2v) is 7.36. The van der Waals surface area contributed by atoms with Crippen LogP contribution in [-0.2, 0) is 6.42 Å². The second kappa shape index (κ2) is 7.55. The monoisotopic (exact) mass is 381 g/mol. The number of nitrogens with zero attached hydrogens (tertiary/aromatic N) is 1. The molecule has 0 saturated heterocycles. The van der Waals surface area contributed by atoms with Gasteiger partial charge in [0, 0.05) is 33.5 Å². The summed E-state index contributed by atoms with van der Waals surface area (Å²) in [5.74, 6) is -0.197. The van der Waals surface area contributed by atoms with E-state index in [-0.39, 0.29) is 5.91 Å². The molecule has 3 rings (SSSR count). The molecule has 1 aromatic carbocycles. The van der Waals surface area contributed by atoms with Crippen molar-refractivity contribution in [1.29, 1.82) is 0 Å². The van der Waals surface area contributed by atoms with Gasteiger partial charge in [0.15, 0.2) is 0 Å². The van der Waals surface area contributed by atoms with Gasteiger partial charge in [-0.2, -0.15) is 0 Å². The molecule has 2 N–H and O–H groups in total. The Morgan fingerprint density at radius 2 is 2.17 bits per heavy atom. The zero-order chi connectivity index (χ0) is 17.1. The van der Waals surface area contributed by atoms with E-state index in [1.165, 1.54) is 0 Å². The van der Waals surface area contributed by atoms with Crippen molar-refractivity contribution in [3.8, 4) is 0 Å². The molecule has 0 bridgehead atoms. The zero-order valence-electron chi connectivity index (χ0n) is 13.2. The van der Waals surface area contributed by atoms with Gasteiger partial charge in [-0.05, 0) is 44.4 Å². The highest BCUT2D eigenvalue weighted by Crippen LogP contribution is 2.29. The van der Waals surface area contributed by atoms with E-state index < -0.39 is 0 Å². The molecule has 0 aliphatic heterocycles. The lowest BCUT2D eigenvalue weighted by Crippen LogP contribution is -2.25. The number of fused-ring (bicyclic) bond motifs is 1. The fraction of sp³-hybridized carbons (Fsp3) is 0.294. The van der Waals surface area contributed by atoms with Gasteiger partial charge in [0.25, 0.3) is 5.91 Å². The number of carbonyl (C=O) groups excluding carboxylic acids is 1. The fourth-order valence-corrected chi connectivity index (χ4v) is 3.78. The SMILES string of the molecule is Cc1csc(CCCCNC(=O)c2[nH]c3ccc(Cl)cc3c2Cl)n1. The fourth-order valence-electron chi connectivity index (χ4n) is 2.50. The number of thiazole rings is 1. The third-order valence-corrected chi connectivity index (χ3v) is 5.35. The first-order valence-electron chi connectivity index (χ1n) is 7.70. The van der Waals surface area contributed by atoms with Gasteiger partial charge in [-0.1, -0.05) is 23.2 Å². The van der Waals surface area contributed by atoms with Gasteiger partial charge in [0.1, 0.15) is 5.69 Å². The maximum atomic E-state index is 12.3. The van der Waals surface area contributed by atoms with E-state index in [0.29, 0.717) is 22.3 Å². The van der Waals surface area contributed by atoms with E-state index in [1.54, 1.807) is 23.5 Å². The molecule has 3 aromatic rings. The summed E-state index contributed by atoms with van der Waals surface area (Å²) in [6, 6.07) is 5.33. The molecule has 7 heteroatoms. The van der Waals surface area contributed by atoms with Crippen molar-refractivity contribution in [3.63, 3.8) is 0 Å². The molecule has 24 heavy (non-hydrogen) atoms. The maximum Gasteiger partial charge on any atom is 0.269 e. The number of unbranched alkanes of at least 4 members (excludes halogenated alkanes) is 1. The first kappa shape index (κ1) is 17.3. The molecular formula is C17H17Cl2N3OS. The van der Waals surface area contributed by atoms with Crippen LogP contribution in [0.5, 0.6) is 0 Å². The lowest BCUT2D eigenvalue weighted by molar-refractivity contribution is 0.0949. The standard InChI is InChI=1S/C17H17Cl2N3OS/c1-10-9-24-14(21-10)4-2-3-7-20-17(23)16-15(19)12-8-11(18)5-6-13(12)22-16/h5-6,8-9,22H,2-4,7H2,1H3,(H,20,23). The number of carbonyl (C=O) groups is 1. The smallest absolute Gasteiger partial charge is 0.269 e. The minimum Gasteiger partial charge on any atom is -0.351 e. The highest BCUT2D eigenvalue weighted by Gasteiger charge is 2.16. The van der Waals surface area contributed by atoms with Crippen LogP contribution in [0.2, 0.25) is 10.0 Å². The number of aromatic amines is 1. The van der Waals surface area contributed by atoms with Gasteiger partial charge >= 0.3 is 0 Å². The van der Waals surface area contributed by atoms with Crippen molar-refractivity contribution in [2.75, 3.05) is 6.54 Å². The van der Waals surface area contributed by atoms with Gasteiger partial charge in [0.05, 0.1) is 10.0 Å². The predicted molar refractivity (Wildman–Crippen MR) is 100 cm³/mol. The molecule has 2 aromatic heterocycles. The molecule has 0 aliphatic carbocycles. The Labute approximate surface area is 154 Å². The minimum atomic E-state index is -0.197. The summed E-state index contributed by atoms with van der Waals surface area (Å²) in [7, 11) is 0. The van der Waals surface area contributed by atoms with Crippen molar-refractivity contribution in [2.24, 2.45) is 0 Å². The Kier molecular flexibility index (Phi) is 5.43. The average Bonchev–Trinajstić information content (AvgIpc) is 3.11. The molecule has 0 radical (unpaired) electrons. The second-order valence-electron chi connectivity index (χ2n) is 5.60. The molecule has 2 heterocycles. The molecule has 4 nitrogen and oxygen atoms in total. The van der Waals surface area contributed by atoms with Crippen LogP contribution >= 0.6 is 34.5 Å². The van der Waals surface area contributed by atoms with E-state index in [2.05, 4.69) is 20.7 Å². The zero-order valence-corrected chi connectivity index (χ0v) is 15.5. The number of rotatable bonds is 6. The highest BCUT2D eigenvalue weighted by molar-refractivity contribution is 7.09. The van der Waals surface area contributed by atoms with Crippen molar-refractivity contribution in [1.82, 2.24) is 15.3 Å². The molecule has 0 spiro atoms. The molecule has 0 atom stereocenters. The predicted octanol–water partition coefficient (Wildman–Crippen LogP) is 4.99. The van der Waals surface area contributed by atoms with Crippen molar-refractivity contribution in [3.05, 3.63) is 50.0 Å². The number of hydrogen-bond acceptors (Lipinski definition) is 3. The number of halogens is 2. The first-order valence-corrected chi connectivity index (χ1v) is 9.34. The summed E-state index contributed by atoms with van der Waals surface area (Å²) >= 11 is 13.9. The summed E-state index contributed by atoms with van der Waals surface area (Å²) in [5, 5.41) is 7.86. The van der Waals surface area contributed by atoms with Gasteiger partial charge in [0.2, 0.25) is 0 Å². The minimum absolute atomic E-state index is 0.197. The van der Waals surface area contributed by atoms with Crippen LogP contribution in [0.15, 0.2) is 23.6 Å². The third-order valence-electron chi connectivity index (χ3n) is 3.69. The van der Waals surface area contributed by atoms with Crippen molar-refractivity contribution in [2.45, 2.75) is 26.2 Å². The van der Waals surface area contributed by atoms with Crippen LogP contribution in [0.4, 0.5) is 0 Å². The number of H-pyrrole nitrogens is 1. The van der Waals surface area contributed by atoms with Gasteiger partial charge in [-0.3, -0.25) is 4.79 Å². The normalized spacial score (nSPS) is 11.1. The Bertz CT molecular complexity index is 872. The maximum absolute atomic E-state index is 12.3.